The Labute approximate surface area is 168 Å². The summed E-state index contributed by atoms with van der Waals surface area (Å²) >= 11 is 0. The fourth-order valence-electron chi connectivity index (χ4n) is 3.00. The molecule has 2 rings (SSSR count). The van der Waals surface area contributed by atoms with Gasteiger partial charge in [-0.15, -0.1) is 0 Å². The van der Waals surface area contributed by atoms with E-state index in [1.54, 1.807) is 24.3 Å². The molecule has 0 aliphatic heterocycles. The standard InChI is InChI=1S/C21H29N3O3S/c1-5-24(6-2)28(26,27)20-14-12-18(13-15-20)17(3)22-21(25)16-23(4)19-10-8-7-9-11-19/h7-15,17H,5-6,16H2,1-4H3,(H,22,25). The van der Waals surface area contributed by atoms with Crippen LogP contribution in [-0.4, -0.2) is 45.3 Å². The molecular weight excluding hydrogens is 374 g/mol. The maximum atomic E-state index is 12.6. The first kappa shape index (κ1) is 21.9. The van der Waals surface area contributed by atoms with E-state index in [9.17, 15) is 13.2 Å². The monoisotopic (exact) mass is 403 g/mol. The molecule has 6 nitrogen and oxygen atoms in total. The molecule has 2 aromatic rings. The first-order chi connectivity index (χ1) is 13.3. The molecule has 152 valence electrons. The normalized spacial score (nSPS) is 12.6. The molecule has 1 amide bonds. The predicted octanol–water partition coefficient (Wildman–Crippen LogP) is 3.03. The van der Waals surface area contributed by atoms with Crippen LogP contribution < -0.4 is 10.2 Å². The summed E-state index contributed by atoms with van der Waals surface area (Å²) in [5.41, 5.74) is 1.82. The lowest BCUT2D eigenvalue weighted by atomic mass is 10.1. The van der Waals surface area contributed by atoms with Crippen molar-refractivity contribution in [2.24, 2.45) is 0 Å². The van der Waals surface area contributed by atoms with Gasteiger partial charge in [0.25, 0.3) is 0 Å². The maximum Gasteiger partial charge on any atom is 0.243 e. The fourth-order valence-corrected chi connectivity index (χ4v) is 4.46. The van der Waals surface area contributed by atoms with Gasteiger partial charge in [-0.25, -0.2) is 8.42 Å². The number of anilines is 1. The van der Waals surface area contributed by atoms with Crippen LogP contribution in [0.15, 0.2) is 59.5 Å². The Hall–Kier alpha value is -2.38. The Balaban J connectivity index is 2.01. The van der Waals surface area contributed by atoms with Crippen LogP contribution in [0.25, 0.3) is 0 Å². The number of nitrogens with one attached hydrogen (secondary N) is 1. The summed E-state index contributed by atoms with van der Waals surface area (Å²) in [5, 5.41) is 2.96. The Bertz CT molecular complexity index is 864. The van der Waals surface area contributed by atoms with Crippen LogP contribution in [0, 0.1) is 0 Å². The summed E-state index contributed by atoms with van der Waals surface area (Å²) in [6, 6.07) is 16.2. The van der Waals surface area contributed by atoms with E-state index in [-0.39, 0.29) is 23.4 Å². The number of amides is 1. The lowest BCUT2D eigenvalue weighted by Crippen LogP contribution is -2.36. The number of carbonyl (C=O) groups is 1. The van der Waals surface area contributed by atoms with Gasteiger partial charge in [-0.1, -0.05) is 44.2 Å². The second-order valence-corrected chi connectivity index (χ2v) is 8.58. The van der Waals surface area contributed by atoms with Crippen molar-refractivity contribution < 1.29 is 13.2 Å². The number of rotatable bonds is 9. The number of hydrogen-bond donors (Lipinski definition) is 1. The van der Waals surface area contributed by atoms with Crippen LogP contribution in [0.3, 0.4) is 0 Å². The van der Waals surface area contributed by atoms with E-state index in [0.29, 0.717) is 13.1 Å². The third kappa shape index (κ3) is 5.33. The van der Waals surface area contributed by atoms with Gasteiger partial charge in [0.2, 0.25) is 15.9 Å². The first-order valence-electron chi connectivity index (χ1n) is 9.45. The van der Waals surface area contributed by atoms with Crippen LogP contribution in [-0.2, 0) is 14.8 Å². The Morgan fingerprint density at radius 2 is 1.57 bits per heavy atom. The summed E-state index contributed by atoms with van der Waals surface area (Å²) in [6.45, 7) is 6.63. The molecule has 0 saturated heterocycles. The Morgan fingerprint density at radius 3 is 2.11 bits per heavy atom. The molecule has 0 bridgehead atoms. The number of benzene rings is 2. The average molecular weight is 404 g/mol. The van der Waals surface area contributed by atoms with Crippen molar-refractivity contribution in [3.8, 4) is 0 Å². The second-order valence-electron chi connectivity index (χ2n) is 6.64. The quantitative estimate of drug-likeness (QED) is 0.699. The third-order valence-corrected chi connectivity index (χ3v) is 6.74. The fraction of sp³-hybridized carbons (Fsp3) is 0.381. The van der Waals surface area contributed by atoms with Gasteiger partial charge in [-0.05, 0) is 36.8 Å². The first-order valence-corrected chi connectivity index (χ1v) is 10.9. The molecule has 28 heavy (non-hydrogen) atoms. The van der Waals surface area contributed by atoms with Gasteiger partial charge in [0.05, 0.1) is 17.5 Å². The Morgan fingerprint density at radius 1 is 1.00 bits per heavy atom. The summed E-state index contributed by atoms with van der Waals surface area (Å²) in [4.78, 5) is 14.5. The van der Waals surface area contributed by atoms with E-state index in [1.807, 2.05) is 63.1 Å². The third-order valence-electron chi connectivity index (χ3n) is 4.68. The molecule has 0 aromatic heterocycles. The molecule has 0 saturated carbocycles. The molecule has 0 aliphatic rings. The molecule has 1 N–H and O–H groups in total. The van der Waals surface area contributed by atoms with Crippen molar-refractivity contribution in [3.63, 3.8) is 0 Å². The van der Waals surface area contributed by atoms with E-state index in [1.165, 1.54) is 4.31 Å². The number of likely N-dealkylation sites (N-methyl/N-ethyl adjacent to an activating group) is 1. The molecule has 0 radical (unpaired) electrons. The summed E-state index contributed by atoms with van der Waals surface area (Å²) in [7, 11) is -1.61. The highest BCUT2D eigenvalue weighted by molar-refractivity contribution is 7.89. The van der Waals surface area contributed by atoms with Gasteiger partial charge in [0, 0.05) is 25.8 Å². The summed E-state index contributed by atoms with van der Waals surface area (Å²) < 4.78 is 26.5. The molecule has 0 aliphatic carbocycles. The van der Waals surface area contributed by atoms with Gasteiger partial charge in [-0.2, -0.15) is 4.31 Å². The van der Waals surface area contributed by atoms with E-state index in [2.05, 4.69) is 5.32 Å². The summed E-state index contributed by atoms with van der Waals surface area (Å²) in [5.74, 6) is -0.0984. The topological polar surface area (TPSA) is 69.7 Å². The van der Waals surface area contributed by atoms with Crippen molar-refractivity contribution in [2.45, 2.75) is 31.7 Å². The van der Waals surface area contributed by atoms with Crippen LogP contribution in [0.2, 0.25) is 0 Å². The summed E-state index contributed by atoms with van der Waals surface area (Å²) in [6.07, 6.45) is 0. The van der Waals surface area contributed by atoms with Gasteiger partial charge >= 0.3 is 0 Å². The smallest absolute Gasteiger partial charge is 0.243 e. The van der Waals surface area contributed by atoms with Crippen LogP contribution >= 0.6 is 0 Å². The number of sulfonamides is 1. The van der Waals surface area contributed by atoms with Gasteiger partial charge < -0.3 is 10.2 Å². The minimum atomic E-state index is -3.47. The molecule has 2 aromatic carbocycles. The van der Waals surface area contributed by atoms with E-state index < -0.39 is 10.0 Å². The van der Waals surface area contributed by atoms with E-state index >= 15 is 0 Å². The van der Waals surface area contributed by atoms with Crippen molar-refractivity contribution in [1.29, 1.82) is 0 Å². The highest BCUT2D eigenvalue weighted by Crippen LogP contribution is 2.19. The molecule has 0 spiro atoms. The highest BCUT2D eigenvalue weighted by atomic mass is 32.2. The largest absolute Gasteiger partial charge is 0.365 e. The number of hydrogen-bond acceptors (Lipinski definition) is 4. The molecule has 0 heterocycles. The molecular formula is C21H29N3O3S. The van der Waals surface area contributed by atoms with Gasteiger partial charge in [0.15, 0.2) is 0 Å². The van der Waals surface area contributed by atoms with E-state index in [4.69, 9.17) is 0 Å². The van der Waals surface area contributed by atoms with Crippen LogP contribution in [0.1, 0.15) is 32.4 Å². The van der Waals surface area contributed by atoms with Gasteiger partial charge in [0.1, 0.15) is 0 Å². The van der Waals surface area contributed by atoms with Crippen molar-refractivity contribution in [3.05, 3.63) is 60.2 Å². The van der Waals surface area contributed by atoms with Crippen molar-refractivity contribution in [2.75, 3.05) is 31.6 Å². The lowest BCUT2D eigenvalue weighted by molar-refractivity contribution is -0.120. The van der Waals surface area contributed by atoms with Crippen LogP contribution in [0.5, 0.6) is 0 Å². The minimum absolute atomic E-state index is 0.0984. The zero-order valence-corrected chi connectivity index (χ0v) is 17.7. The SMILES string of the molecule is CCN(CC)S(=O)(=O)c1ccc(C(C)NC(=O)CN(C)c2ccccc2)cc1. The molecule has 0 fully saturated rings. The Kier molecular flexibility index (Phi) is 7.60. The highest BCUT2D eigenvalue weighted by Gasteiger charge is 2.21. The van der Waals surface area contributed by atoms with Crippen molar-refractivity contribution >= 4 is 21.6 Å². The molecule has 7 heteroatoms. The van der Waals surface area contributed by atoms with Crippen molar-refractivity contribution in [1.82, 2.24) is 9.62 Å². The van der Waals surface area contributed by atoms with E-state index in [0.717, 1.165) is 11.3 Å². The predicted molar refractivity (Wildman–Crippen MR) is 113 cm³/mol. The van der Waals surface area contributed by atoms with Crippen LogP contribution in [0.4, 0.5) is 5.69 Å². The zero-order valence-electron chi connectivity index (χ0n) is 16.9. The second kappa shape index (κ2) is 9.71. The lowest BCUT2D eigenvalue weighted by Gasteiger charge is -2.21. The number of nitrogens with zero attached hydrogens (tertiary/aromatic N) is 2. The van der Waals surface area contributed by atoms with Gasteiger partial charge in [-0.3, -0.25) is 4.79 Å². The maximum absolute atomic E-state index is 12.6. The molecule has 1 unspecified atom stereocenters. The minimum Gasteiger partial charge on any atom is -0.365 e. The zero-order chi connectivity index (χ0) is 20.7. The number of carbonyl (C=O) groups excluding carboxylic acids is 1. The molecule has 1 atom stereocenters. The number of para-hydroxylation sites is 1. The average Bonchev–Trinajstić information content (AvgIpc) is 2.69.